The van der Waals surface area contributed by atoms with Gasteiger partial charge in [0.1, 0.15) is 35.0 Å². The Morgan fingerprint density at radius 1 is 1.24 bits per heavy atom. The number of carbonyl (C=O) groups is 2. The Kier molecular flexibility index (Phi) is 9.56. The molecule has 5 N–H and O–H groups in total. The van der Waals surface area contributed by atoms with Crippen molar-refractivity contribution in [2.45, 2.75) is 55.3 Å². The summed E-state index contributed by atoms with van der Waals surface area (Å²) in [6, 6.07) is 6.90. The molecule has 13 nitrogen and oxygen atoms in total. The van der Waals surface area contributed by atoms with Gasteiger partial charge < -0.3 is 30.6 Å². The fraction of sp³-hybridized carbons (Fsp3) is 0.480. The van der Waals surface area contributed by atoms with Gasteiger partial charge in [-0.25, -0.2) is 9.55 Å². The standard InChI is InChI=1S/C25H31Br2N6O7P/c1-13(15(3)35)11-41(37,40-17-7-5-4-6-16(17)9-8-14(2)34)38-10-18-20(36)25(26,27)23(39-18)33-12-30-19-21(28)31-24(29)32-22(19)33/h4-7,12-13,18,20,23,36H,8-11H2,1-3H3,(H4,28,29,31,32)/t13-,18-,20+,23-,41?/m1/s1. The summed E-state index contributed by atoms with van der Waals surface area (Å²) in [5.74, 6) is -0.513. The molecule has 0 radical (unpaired) electrons. The van der Waals surface area contributed by atoms with E-state index in [9.17, 15) is 19.3 Å². The molecule has 0 aliphatic carbocycles. The number of carbonyl (C=O) groups excluding carboxylic acids is 2. The minimum Gasteiger partial charge on any atom is -0.424 e. The van der Waals surface area contributed by atoms with Crippen LogP contribution < -0.4 is 16.0 Å². The number of alkyl halides is 2. The molecule has 222 valence electrons. The topological polar surface area (TPSA) is 195 Å². The molecule has 1 saturated heterocycles. The van der Waals surface area contributed by atoms with Gasteiger partial charge >= 0.3 is 7.60 Å². The number of aromatic nitrogens is 4. The number of aryl methyl sites for hydroxylation is 1. The van der Waals surface area contributed by atoms with Crippen LogP contribution in [0.2, 0.25) is 0 Å². The molecule has 5 atom stereocenters. The van der Waals surface area contributed by atoms with Crippen LogP contribution in [0.1, 0.15) is 39.0 Å². The molecule has 1 unspecified atom stereocenters. The largest absolute Gasteiger partial charge is 0.424 e. The van der Waals surface area contributed by atoms with Gasteiger partial charge in [0.25, 0.3) is 0 Å². The van der Waals surface area contributed by atoms with Crippen molar-refractivity contribution in [1.82, 2.24) is 19.5 Å². The molecule has 3 heterocycles. The molecular formula is C25H31Br2N6O7P. The fourth-order valence-corrected chi connectivity index (χ4v) is 7.52. The van der Waals surface area contributed by atoms with Crippen molar-refractivity contribution in [2.75, 3.05) is 24.2 Å². The van der Waals surface area contributed by atoms with Crippen molar-refractivity contribution in [1.29, 1.82) is 0 Å². The average Bonchev–Trinajstić information content (AvgIpc) is 3.40. The molecule has 0 amide bonds. The lowest BCUT2D eigenvalue weighted by molar-refractivity contribution is -0.120. The van der Waals surface area contributed by atoms with Crippen LogP contribution in [0.5, 0.6) is 5.75 Å². The zero-order chi connectivity index (χ0) is 30.1. The number of fused-ring (bicyclic) bond motifs is 1. The summed E-state index contributed by atoms with van der Waals surface area (Å²) in [5, 5.41) is 11.2. The van der Waals surface area contributed by atoms with Crippen LogP contribution in [0.15, 0.2) is 30.6 Å². The summed E-state index contributed by atoms with van der Waals surface area (Å²) in [5.41, 5.74) is 13.0. The number of para-hydroxylation sites is 1. The lowest BCUT2D eigenvalue weighted by Crippen LogP contribution is -2.37. The maximum Gasteiger partial charge on any atom is 0.380 e. The minimum atomic E-state index is -3.98. The van der Waals surface area contributed by atoms with E-state index in [1.54, 1.807) is 31.2 Å². The van der Waals surface area contributed by atoms with E-state index < -0.39 is 35.2 Å². The average molecular weight is 718 g/mol. The van der Waals surface area contributed by atoms with Crippen molar-refractivity contribution in [3.8, 4) is 5.75 Å². The van der Waals surface area contributed by atoms with Crippen molar-refractivity contribution in [3.63, 3.8) is 0 Å². The van der Waals surface area contributed by atoms with Crippen LogP contribution in [0.4, 0.5) is 11.8 Å². The second-order valence-corrected chi connectivity index (χ2v) is 15.7. The Morgan fingerprint density at radius 2 is 1.95 bits per heavy atom. The predicted molar refractivity (Wildman–Crippen MR) is 159 cm³/mol. The number of aliphatic hydroxyl groups is 1. The second kappa shape index (κ2) is 12.4. The first-order chi connectivity index (χ1) is 19.2. The third kappa shape index (κ3) is 6.98. The van der Waals surface area contributed by atoms with Crippen LogP contribution in [0.25, 0.3) is 11.2 Å². The Morgan fingerprint density at radius 3 is 2.63 bits per heavy atom. The lowest BCUT2D eigenvalue weighted by atomic mass is 10.1. The first kappa shape index (κ1) is 31.5. The molecule has 41 heavy (non-hydrogen) atoms. The van der Waals surface area contributed by atoms with E-state index in [0.717, 1.165) is 0 Å². The van der Waals surface area contributed by atoms with E-state index in [1.165, 1.54) is 24.7 Å². The molecule has 0 spiro atoms. The fourth-order valence-electron chi connectivity index (χ4n) is 4.26. The Hall–Kier alpha value is -2.42. The Balaban J connectivity index is 1.58. The van der Waals surface area contributed by atoms with Crippen LogP contribution in [-0.4, -0.2) is 64.4 Å². The van der Waals surface area contributed by atoms with Crippen LogP contribution in [-0.2, 0) is 29.8 Å². The molecule has 4 rings (SSSR count). The van der Waals surface area contributed by atoms with Gasteiger partial charge in [-0.05, 0) is 31.9 Å². The number of ether oxygens (including phenoxy) is 1. The number of ketones is 2. The number of nitrogen functional groups attached to an aromatic ring is 2. The quantitative estimate of drug-likeness (QED) is 0.182. The number of imidazole rings is 1. The highest BCUT2D eigenvalue weighted by Crippen LogP contribution is 2.54. The van der Waals surface area contributed by atoms with E-state index in [4.69, 9.17) is 25.3 Å². The molecular weight excluding hydrogens is 687 g/mol. The Bertz CT molecular complexity index is 1500. The smallest absolute Gasteiger partial charge is 0.380 e. The first-order valence-corrected chi connectivity index (χ1v) is 16.0. The first-order valence-electron chi connectivity index (χ1n) is 12.7. The third-order valence-corrected chi connectivity index (χ3v) is 10.4. The Labute approximate surface area is 253 Å². The number of benzene rings is 1. The normalized spacial score (nSPS) is 22.3. The molecule has 16 heteroatoms. The van der Waals surface area contributed by atoms with E-state index in [2.05, 4.69) is 46.8 Å². The SMILES string of the molecule is CC(=O)CCc1ccccc1OP(=O)(C[C@@H](C)C(C)=O)OC[C@H]1O[C@@H](n2cnc3c(N)nc(N)nc32)C(Br)(Br)[C@H]1O. The van der Waals surface area contributed by atoms with Crippen molar-refractivity contribution in [3.05, 3.63) is 36.2 Å². The van der Waals surface area contributed by atoms with E-state index in [1.807, 2.05) is 0 Å². The maximum absolute atomic E-state index is 14.1. The molecule has 3 aromatic rings. The van der Waals surface area contributed by atoms with Gasteiger partial charge in [0.05, 0.1) is 19.1 Å². The number of aliphatic hydroxyl groups excluding tert-OH is 1. The molecule has 0 saturated carbocycles. The number of rotatable bonds is 12. The number of nitrogens with zero attached hydrogens (tertiary/aromatic N) is 4. The highest BCUT2D eigenvalue weighted by atomic mass is 79.9. The summed E-state index contributed by atoms with van der Waals surface area (Å²) in [6.07, 6.45) is -1.27. The van der Waals surface area contributed by atoms with Crippen LogP contribution in [0, 0.1) is 5.92 Å². The summed E-state index contributed by atoms with van der Waals surface area (Å²) >= 11 is 6.98. The van der Waals surface area contributed by atoms with Crippen LogP contribution >= 0.6 is 39.5 Å². The van der Waals surface area contributed by atoms with E-state index in [-0.39, 0.29) is 53.9 Å². The van der Waals surface area contributed by atoms with E-state index >= 15 is 0 Å². The molecule has 1 aromatic carbocycles. The number of halogens is 2. The van der Waals surface area contributed by atoms with Crippen LogP contribution in [0.3, 0.4) is 0 Å². The van der Waals surface area contributed by atoms with Gasteiger partial charge in [0.15, 0.2) is 20.9 Å². The summed E-state index contributed by atoms with van der Waals surface area (Å²) in [6.45, 7) is 4.17. The lowest BCUT2D eigenvalue weighted by Gasteiger charge is -2.25. The number of Topliss-reactive ketones (excluding diaryl/α,β-unsaturated/α-hetero) is 2. The minimum absolute atomic E-state index is 0.00176. The number of hydrogen-bond donors (Lipinski definition) is 3. The highest BCUT2D eigenvalue weighted by molar-refractivity contribution is 9.25. The van der Waals surface area contributed by atoms with Crippen molar-refractivity contribution in [2.24, 2.45) is 5.92 Å². The third-order valence-electron chi connectivity index (χ3n) is 6.68. The molecule has 2 aromatic heterocycles. The molecule has 1 aliphatic heterocycles. The maximum atomic E-state index is 14.1. The molecule has 1 aliphatic rings. The predicted octanol–water partition coefficient (Wildman–Crippen LogP) is 3.77. The van der Waals surface area contributed by atoms with Gasteiger partial charge in [-0.2, -0.15) is 9.97 Å². The number of nitrogens with two attached hydrogens (primary N) is 2. The van der Waals surface area contributed by atoms with Gasteiger partial charge in [-0.1, -0.05) is 57.0 Å². The second-order valence-electron chi connectivity index (χ2n) is 9.94. The van der Waals surface area contributed by atoms with Crippen molar-refractivity contribution < 1.29 is 33.0 Å². The summed E-state index contributed by atoms with van der Waals surface area (Å²) in [7, 11) is -3.98. The molecule has 0 bridgehead atoms. The van der Waals surface area contributed by atoms with E-state index in [0.29, 0.717) is 17.5 Å². The van der Waals surface area contributed by atoms with Gasteiger partial charge in [0.2, 0.25) is 5.95 Å². The van der Waals surface area contributed by atoms with Gasteiger partial charge in [-0.15, -0.1) is 0 Å². The zero-order valence-corrected chi connectivity index (χ0v) is 26.6. The molecule has 1 fully saturated rings. The summed E-state index contributed by atoms with van der Waals surface area (Å²) < 4.78 is 32.3. The zero-order valence-electron chi connectivity index (χ0n) is 22.6. The summed E-state index contributed by atoms with van der Waals surface area (Å²) in [4.78, 5) is 36.0. The monoisotopic (exact) mass is 716 g/mol. The number of anilines is 2. The highest BCUT2D eigenvalue weighted by Gasteiger charge is 2.55. The van der Waals surface area contributed by atoms with Gasteiger partial charge in [0, 0.05) is 12.3 Å². The van der Waals surface area contributed by atoms with Gasteiger partial charge in [-0.3, -0.25) is 13.9 Å². The number of hydrogen-bond acceptors (Lipinski definition) is 12. The van der Waals surface area contributed by atoms with Crippen molar-refractivity contribution >= 4 is 74.0 Å².